The van der Waals surface area contributed by atoms with Gasteiger partial charge in [0.15, 0.2) is 0 Å². The summed E-state index contributed by atoms with van der Waals surface area (Å²) in [5.74, 6) is 0.999. The molecule has 0 saturated heterocycles. The Balaban J connectivity index is 5.56. The van der Waals surface area contributed by atoms with Gasteiger partial charge < -0.3 is 0 Å². The molecular formula is C16H36Pb. The number of hydrogen-bond donors (Lipinski definition) is 0. The maximum absolute atomic E-state index is 2.51. The Bertz CT molecular complexity index is 177. The summed E-state index contributed by atoms with van der Waals surface area (Å²) >= 11 is -2.10. The second-order valence-electron chi connectivity index (χ2n) is 5.72. The molecule has 0 amide bonds. The van der Waals surface area contributed by atoms with Gasteiger partial charge in [-0.15, -0.1) is 0 Å². The van der Waals surface area contributed by atoms with Gasteiger partial charge in [0.2, 0.25) is 0 Å². The summed E-state index contributed by atoms with van der Waals surface area (Å²) in [7, 11) is 0. The molecule has 0 aromatic rings. The van der Waals surface area contributed by atoms with E-state index in [0.29, 0.717) is 0 Å². The Kier molecular flexibility index (Phi) is 8.61. The van der Waals surface area contributed by atoms with Gasteiger partial charge in [0.25, 0.3) is 0 Å². The van der Waals surface area contributed by atoms with E-state index >= 15 is 0 Å². The summed E-state index contributed by atoms with van der Waals surface area (Å²) in [6.07, 6.45) is 5.71. The molecule has 17 heavy (non-hydrogen) atoms. The first-order valence-electron chi connectivity index (χ1n) is 8.07. The third kappa shape index (κ3) is 3.09. The van der Waals surface area contributed by atoms with E-state index in [1.807, 2.05) is 0 Å². The first-order valence-corrected chi connectivity index (χ1v) is 18.3. The first-order chi connectivity index (χ1) is 8.07. The molecule has 0 N–H and O–H groups in total. The zero-order valence-electron chi connectivity index (χ0n) is 13.5. The maximum atomic E-state index is 2.51. The van der Waals surface area contributed by atoms with Crippen molar-refractivity contribution in [3.63, 3.8) is 0 Å². The van der Waals surface area contributed by atoms with Crippen LogP contribution in [0.25, 0.3) is 0 Å². The number of hydrogen-bond acceptors (Lipinski definition) is 0. The normalized spacial score (nSPS) is 13.4. The number of rotatable bonds is 9. The van der Waals surface area contributed by atoms with Crippen molar-refractivity contribution in [2.45, 2.75) is 89.1 Å². The summed E-state index contributed by atoms with van der Waals surface area (Å²) in [6, 6.07) is 0. The molecule has 0 spiro atoms. The Labute approximate surface area is 116 Å². The van der Waals surface area contributed by atoms with Crippen molar-refractivity contribution in [1.29, 1.82) is 0 Å². The fourth-order valence-electron chi connectivity index (χ4n) is 4.89. The molecule has 0 unspecified atom stereocenters. The topological polar surface area (TPSA) is 0 Å². The summed E-state index contributed by atoms with van der Waals surface area (Å²) in [5.41, 5.74) is 0. The van der Waals surface area contributed by atoms with Crippen LogP contribution in [0, 0.1) is 5.92 Å². The van der Waals surface area contributed by atoms with E-state index in [1.165, 1.54) is 25.7 Å². The van der Waals surface area contributed by atoms with Crippen LogP contribution in [0.15, 0.2) is 0 Å². The quantitative estimate of drug-likeness (QED) is 0.363. The predicted octanol–water partition coefficient (Wildman–Crippen LogP) is 6.49. The van der Waals surface area contributed by atoms with Crippen molar-refractivity contribution in [2.24, 2.45) is 5.92 Å². The van der Waals surface area contributed by atoms with E-state index in [0.717, 1.165) is 8.89 Å². The zero-order chi connectivity index (χ0) is 13.5. The standard InChI is InChI=1S/C10H21.3C2H5.Pb/c1-5-9(6-2)10(7-3)8-4;3*1-2;/h9H,5-8H2,1-4H3;3*1H2,2H3;. The summed E-state index contributed by atoms with van der Waals surface area (Å²) < 4.78 is 5.49. The molecule has 0 atom stereocenters. The van der Waals surface area contributed by atoms with E-state index in [4.69, 9.17) is 0 Å². The van der Waals surface area contributed by atoms with E-state index in [9.17, 15) is 0 Å². The Hall–Kier alpha value is 0.922. The molecule has 0 fully saturated rings. The minimum atomic E-state index is -2.10. The average Bonchev–Trinajstić information content (AvgIpc) is 2.40. The minimum absolute atomic E-state index is 0.786. The zero-order valence-corrected chi connectivity index (χ0v) is 17.4. The van der Waals surface area contributed by atoms with E-state index in [-0.39, 0.29) is 0 Å². The van der Waals surface area contributed by atoms with Crippen LogP contribution >= 0.6 is 0 Å². The molecule has 0 aromatic heterocycles. The van der Waals surface area contributed by atoms with Gasteiger partial charge in [0.05, 0.1) is 0 Å². The van der Waals surface area contributed by atoms with Crippen LogP contribution in [-0.2, 0) is 0 Å². The van der Waals surface area contributed by atoms with Gasteiger partial charge in [0.1, 0.15) is 0 Å². The molecule has 0 aliphatic carbocycles. The van der Waals surface area contributed by atoms with Crippen LogP contribution < -0.4 is 0 Å². The fourth-order valence-corrected chi connectivity index (χ4v) is 29.7. The van der Waals surface area contributed by atoms with Crippen LogP contribution in [0.3, 0.4) is 0 Å². The van der Waals surface area contributed by atoms with Crippen molar-refractivity contribution in [2.75, 3.05) is 0 Å². The molecule has 0 bridgehead atoms. The van der Waals surface area contributed by atoms with Gasteiger partial charge in [-0.05, 0) is 0 Å². The molecular weight excluding hydrogens is 399 g/mol. The van der Waals surface area contributed by atoms with Crippen molar-refractivity contribution in [1.82, 2.24) is 0 Å². The predicted molar refractivity (Wildman–Crippen MR) is 84.5 cm³/mol. The molecule has 0 aliphatic rings. The molecule has 0 radical (unpaired) electrons. The third-order valence-electron chi connectivity index (χ3n) is 6.12. The van der Waals surface area contributed by atoms with Crippen molar-refractivity contribution >= 4 is 21.2 Å². The third-order valence-corrected chi connectivity index (χ3v) is 34.4. The summed E-state index contributed by atoms with van der Waals surface area (Å²) in [5, 5.41) is 0. The van der Waals surface area contributed by atoms with Gasteiger partial charge in [-0.25, -0.2) is 0 Å². The molecule has 1 heteroatoms. The van der Waals surface area contributed by atoms with Crippen LogP contribution in [0.1, 0.15) is 74.1 Å². The molecule has 0 aromatic carbocycles. The van der Waals surface area contributed by atoms with Gasteiger partial charge in [-0.1, -0.05) is 0 Å². The van der Waals surface area contributed by atoms with Crippen molar-refractivity contribution < 1.29 is 0 Å². The first kappa shape index (κ1) is 17.9. The average molecular weight is 436 g/mol. The van der Waals surface area contributed by atoms with Crippen LogP contribution in [0.4, 0.5) is 0 Å². The van der Waals surface area contributed by atoms with Crippen LogP contribution in [0.5, 0.6) is 0 Å². The summed E-state index contributed by atoms with van der Waals surface area (Å²) in [6.45, 7) is 17.3. The van der Waals surface area contributed by atoms with Crippen LogP contribution in [-0.4, -0.2) is 21.2 Å². The van der Waals surface area contributed by atoms with E-state index in [2.05, 4.69) is 48.5 Å². The Morgan fingerprint density at radius 2 is 1.06 bits per heavy atom. The SMILES string of the molecule is CCC(CC)[C](CC)(CC)[Pb]([CH2]C)([CH2]C)[CH2]C. The van der Waals surface area contributed by atoms with Gasteiger partial charge in [0, 0.05) is 0 Å². The van der Waals surface area contributed by atoms with Crippen molar-refractivity contribution in [3.05, 3.63) is 0 Å². The van der Waals surface area contributed by atoms with Crippen LogP contribution in [0.2, 0.25) is 14.9 Å². The fraction of sp³-hybridized carbons (Fsp3) is 1.00. The van der Waals surface area contributed by atoms with E-state index in [1.54, 1.807) is 11.9 Å². The Morgan fingerprint density at radius 1 is 0.706 bits per heavy atom. The monoisotopic (exact) mass is 436 g/mol. The second kappa shape index (κ2) is 8.16. The molecule has 0 heterocycles. The molecule has 0 nitrogen and oxygen atoms in total. The second-order valence-corrected chi connectivity index (χ2v) is 27.8. The van der Waals surface area contributed by atoms with Gasteiger partial charge in [-0.3, -0.25) is 0 Å². The van der Waals surface area contributed by atoms with Gasteiger partial charge in [-0.2, -0.15) is 0 Å². The molecule has 0 rings (SSSR count). The van der Waals surface area contributed by atoms with E-state index < -0.39 is 21.2 Å². The van der Waals surface area contributed by atoms with Gasteiger partial charge >= 0.3 is 116 Å². The molecule has 0 saturated carbocycles. The summed E-state index contributed by atoms with van der Waals surface area (Å²) in [4.78, 5) is 0. The Morgan fingerprint density at radius 3 is 1.24 bits per heavy atom. The molecule has 104 valence electrons. The molecule has 0 aliphatic heterocycles. The van der Waals surface area contributed by atoms with Crippen molar-refractivity contribution in [3.8, 4) is 0 Å².